The highest BCUT2D eigenvalue weighted by atomic mass is 127. The number of aryl methyl sites for hydroxylation is 1. The Morgan fingerprint density at radius 2 is 1.93 bits per heavy atom. The van der Waals surface area contributed by atoms with Gasteiger partial charge < -0.3 is 21.1 Å². The van der Waals surface area contributed by atoms with Crippen LogP contribution in [0.2, 0.25) is 0 Å². The molecule has 1 amide bonds. The van der Waals surface area contributed by atoms with Crippen LogP contribution >= 0.6 is 24.0 Å². The van der Waals surface area contributed by atoms with E-state index in [2.05, 4.69) is 53.7 Å². The average Bonchev–Trinajstić information content (AvgIpc) is 2.68. The number of guanidine groups is 1. The minimum absolute atomic E-state index is 0. The van der Waals surface area contributed by atoms with Crippen LogP contribution in [-0.4, -0.2) is 31.6 Å². The van der Waals surface area contributed by atoms with Crippen LogP contribution in [0.1, 0.15) is 36.5 Å². The first kappa shape index (κ1) is 24.7. The molecule has 2 aromatic rings. The number of rotatable bonds is 9. The number of ether oxygens (including phenoxy) is 1. The molecule has 0 saturated carbocycles. The molecule has 0 heterocycles. The zero-order valence-electron chi connectivity index (χ0n) is 17.3. The van der Waals surface area contributed by atoms with Crippen LogP contribution in [-0.2, 0) is 11.3 Å². The molecule has 158 valence electrons. The Hall–Kier alpha value is -2.29. The van der Waals surface area contributed by atoms with Gasteiger partial charge in [0.15, 0.2) is 12.6 Å². The predicted molar refractivity (Wildman–Crippen MR) is 129 cm³/mol. The fourth-order valence-electron chi connectivity index (χ4n) is 2.74. The van der Waals surface area contributed by atoms with E-state index in [1.165, 1.54) is 11.1 Å². The first-order valence-corrected chi connectivity index (χ1v) is 9.56. The fourth-order valence-corrected chi connectivity index (χ4v) is 2.74. The van der Waals surface area contributed by atoms with Crippen LogP contribution in [0.15, 0.2) is 53.5 Å². The zero-order valence-corrected chi connectivity index (χ0v) is 19.6. The van der Waals surface area contributed by atoms with Gasteiger partial charge >= 0.3 is 0 Å². The van der Waals surface area contributed by atoms with E-state index in [4.69, 9.17) is 10.5 Å². The number of halogens is 1. The van der Waals surface area contributed by atoms with E-state index in [9.17, 15) is 4.79 Å². The van der Waals surface area contributed by atoms with Gasteiger partial charge in [0.25, 0.3) is 5.91 Å². The quantitative estimate of drug-likeness (QED) is 0.274. The lowest BCUT2D eigenvalue weighted by atomic mass is 9.99. The summed E-state index contributed by atoms with van der Waals surface area (Å²) in [5, 5.41) is 6.68. The van der Waals surface area contributed by atoms with Crippen molar-refractivity contribution in [3.05, 3.63) is 65.2 Å². The van der Waals surface area contributed by atoms with Crippen molar-refractivity contribution >= 4 is 35.8 Å². The van der Waals surface area contributed by atoms with Crippen molar-refractivity contribution in [3.63, 3.8) is 0 Å². The van der Waals surface area contributed by atoms with E-state index in [-0.39, 0.29) is 30.6 Å². The number of carbonyl (C=O) groups is 1. The highest BCUT2D eigenvalue weighted by molar-refractivity contribution is 14.0. The molecule has 7 heteroatoms. The standard InChI is InChI=1S/C22H30N4O2.HI/c1-4-24-22(25-13-17(3)19-9-5-7-16(2)11-19)26-14-18-8-6-10-20(12-18)28-15-21(23)27;/h5-12,17H,4,13-15H2,1-3H3,(H2,23,27)(H2,24,25,26);1H. The minimum Gasteiger partial charge on any atom is -0.484 e. The number of amides is 1. The molecule has 1 unspecified atom stereocenters. The molecule has 0 saturated heterocycles. The highest BCUT2D eigenvalue weighted by Gasteiger charge is 2.07. The third-order valence-electron chi connectivity index (χ3n) is 4.23. The van der Waals surface area contributed by atoms with Crippen LogP contribution in [0.4, 0.5) is 0 Å². The van der Waals surface area contributed by atoms with Crippen LogP contribution in [0.5, 0.6) is 5.75 Å². The van der Waals surface area contributed by atoms with Gasteiger partial charge in [-0.25, -0.2) is 4.99 Å². The van der Waals surface area contributed by atoms with Gasteiger partial charge in [0.05, 0.1) is 6.54 Å². The molecule has 29 heavy (non-hydrogen) atoms. The summed E-state index contributed by atoms with van der Waals surface area (Å²) in [7, 11) is 0. The largest absolute Gasteiger partial charge is 0.484 e. The van der Waals surface area contributed by atoms with Gasteiger partial charge in [-0.1, -0.05) is 48.9 Å². The molecular weight excluding hydrogens is 479 g/mol. The Labute approximate surface area is 190 Å². The number of nitrogens with one attached hydrogen (secondary N) is 2. The number of primary amides is 1. The Morgan fingerprint density at radius 1 is 1.17 bits per heavy atom. The number of hydrogen-bond donors (Lipinski definition) is 3. The molecule has 6 nitrogen and oxygen atoms in total. The first-order valence-electron chi connectivity index (χ1n) is 9.56. The first-order chi connectivity index (χ1) is 13.5. The number of benzene rings is 2. The normalized spacial score (nSPS) is 11.9. The summed E-state index contributed by atoms with van der Waals surface area (Å²) >= 11 is 0. The number of nitrogens with two attached hydrogens (primary N) is 1. The number of nitrogens with zero attached hydrogens (tertiary/aromatic N) is 1. The van der Waals surface area contributed by atoms with Crippen molar-refractivity contribution in [2.75, 3.05) is 19.7 Å². The zero-order chi connectivity index (χ0) is 20.4. The summed E-state index contributed by atoms with van der Waals surface area (Å²) in [4.78, 5) is 15.5. The molecule has 0 radical (unpaired) electrons. The molecule has 0 fully saturated rings. The summed E-state index contributed by atoms with van der Waals surface area (Å²) in [5.74, 6) is 1.25. The second-order valence-electron chi connectivity index (χ2n) is 6.79. The Balaban J connectivity index is 0.00000420. The fraction of sp³-hybridized carbons (Fsp3) is 0.364. The number of carbonyl (C=O) groups excluding carboxylic acids is 1. The lowest BCUT2D eigenvalue weighted by molar-refractivity contribution is -0.119. The van der Waals surface area contributed by atoms with Gasteiger partial charge in [0.1, 0.15) is 5.75 Å². The SMILES string of the molecule is CCNC(=NCc1cccc(OCC(N)=O)c1)NCC(C)c1cccc(C)c1.I. The van der Waals surface area contributed by atoms with Gasteiger partial charge in [-0.15, -0.1) is 24.0 Å². The molecule has 2 aromatic carbocycles. The lowest BCUT2D eigenvalue weighted by Crippen LogP contribution is -2.39. The van der Waals surface area contributed by atoms with Crippen molar-refractivity contribution in [3.8, 4) is 5.75 Å². The Morgan fingerprint density at radius 3 is 2.62 bits per heavy atom. The molecule has 0 spiro atoms. The van der Waals surface area contributed by atoms with E-state index < -0.39 is 5.91 Å². The van der Waals surface area contributed by atoms with Crippen molar-refractivity contribution in [1.29, 1.82) is 0 Å². The van der Waals surface area contributed by atoms with E-state index in [0.717, 1.165) is 24.6 Å². The number of aliphatic imine (C=N–C) groups is 1. The highest BCUT2D eigenvalue weighted by Crippen LogP contribution is 2.16. The van der Waals surface area contributed by atoms with Gasteiger partial charge in [0.2, 0.25) is 0 Å². The average molecular weight is 510 g/mol. The lowest BCUT2D eigenvalue weighted by Gasteiger charge is -2.16. The molecule has 0 aliphatic rings. The van der Waals surface area contributed by atoms with Crippen LogP contribution in [0, 0.1) is 6.92 Å². The van der Waals surface area contributed by atoms with E-state index in [1.54, 1.807) is 6.07 Å². The topological polar surface area (TPSA) is 88.7 Å². The van der Waals surface area contributed by atoms with Crippen LogP contribution in [0.3, 0.4) is 0 Å². The van der Waals surface area contributed by atoms with Gasteiger partial charge in [0, 0.05) is 13.1 Å². The summed E-state index contributed by atoms with van der Waals surface area (Å²) in [5.41, 5.74) is 8.68. The maximum absolute atomic E-state index is 10.9. The third kappa shape index (κ3) is 9.17. The maximum atomic E-state index is 10.9. The third-order valence-corrected chi connectivity index (χ3v) is 4.23. The van der Waals surface area contributed by atoms with Gasteiger partial charge in [-0.2, -0.15) is 0 Å². The van der Waals surface area contributed by atoms with Crippen molar-refractivity contribution < 1.29 is 9.53 Å². The smallest absolute Gasteiger partial charge is 0.255 e. The second kappa shape index (κ2) is 13.0. The Bertz CT molecular complexity index is 811. The summed E-state index contributed by atoms with van der Waals surface area (Å²) in [6.07, 6.45) is 0. The summed E-state index contributed by atoms with van der Waals surface area (Å²) < 4.78 is 5.35. The van der Waals surface area contributed by atoms with Crippen molar-refractivity contribution in [2.24, 2.45) is 10.7 Å². The summed E-state index contributed by atoms with van der Waals surface area (Å²) in [6, 6.07) is 16.1. The maximum Gasteiger partial charge on any atom is 0.255 e. The summed E-state index contributed by atoms with van der Waals surface area (Å²) in [6.45, 7) is 8.29. The monoisotopic (exact) mass is 510 g/mol. The van der Waals surface area contributed by atoms with Crippen molar-refractivity contribution in [1.82, 2.24) is 10.6 Å². The molecule has 0 aromatic heterocycles. The minimum atomic E-state index is -0.496. The molecule has 0 bridgehead atoms. The van der Waals surface area contributed by atoms with Crippen LogP contribution < -0.4 is 21.1 Å². The van der Waals surface area contributed by atoms with Crippen molar-refractivity contribution in [2.45, 2.75) is 33.2 Å². The molecule has 2 rings (SSSR count). The Kier molecular flexibility index (Phi) is 11.1. The van der Waals surface area contributed by atoms with E-state index in [1.807, 2.05) is 25.1 Å². The molecule has 0 aliphatic heterocycles. The van der Waals surface area contributed by atoms with Gasteiger partial charge in [-0.05, 0) is 43.0 Å². The second-order valence-corrected chi connectivity index (χ2v) is 6.79. The predicted octanol–water partition coefficient (Wildman–Crippen LogP) is 3.34. The van der Waals surface area contributed by atoms with E-state index >= 15 is 0 Å². The van der Waals surface area contributed by atoms with Crippen LogP contribution in [0.25, 0.3) is 0 Å². The number of hydrogen-bond acceptors (Lipinski definition) is 3. The molecule has 4 N–H and O–H groups in total. The molecule has 1 atom stereocenters. The van der Waals surface area contributed by atoms with Gasteiger partial charge in [-0.3, -0.25) is 4.79 Å². The van der Waals surface area contributed by atoms with E-state index in [0.29, 0.717) is 18.2 Å². The molecular formula is C22H31IN4O2. The molecule has 0 aliphatic carbocycles.